The zero-order valence-corrected chi connectivity index (χ0v) is 19.2. The summed E-state index contributed by atoms with van der Waals surface area (Å²) in [4.78, 5) is 36.7. The number of fused-ring (bicyclic) bond motifs is 1. The van der Waals surface area contributed by atoms with Crippen molar-refractivity contribution < 1.29 is 4.79 Å². The fourth-order valence-corrected chi connectivity index (χ4v) is 3.88. The average Bonchev–Trinajstić information content (AvgIpc) is 3.31. The van der Waals surface area contributed by atoms with Crippen molar-refractivity contribution in [3.63, 3.8) is 0 Å². The Labute approximate surface area is 206 Å². The molecule has 0 radical (unpaired) electrons. The molecule has 2 aromatic heterocycles. The number of nitrogens with zero attached hydrogens (tertiary/aromatic N) is 1. The second-order valence-electron chi connectivity index (χ2n) is 8.34. The molecule has 0 saturated carbocycles. The van der Waals surface area contributed by atoms with Gasteiger partial charge >= 0.3 is 0 Å². The Morgan fingerprint density at radius 1 is 0.861 bits per heavy atom. The van der Waals surface area contributed by atoms with E-state index in [1.165, 1.54) is 6.07 Å². The summed E-state index contributed by atoms with van der Waals surface area (Å²) >= 11 is 0. The summed E-state index contributed by atoms with van der Waals surface area (Å²) in [5.41, 5.74) is 2.83. The van der Waals surface area contributed by atoms with Crippen LogP contribution < -0.4 is 16.4 Å². The van der Waals surface area contributed by atoms with Crippen LogP contribution in [0.1, 0.15) is 27.0 Å². The number of carbonyl (C=O) groups excluding carboxylic acids is 1. The van der Waals surface area contributed by atoms with Crippen LogP contribution in [0.15, 0.2) is 101 Å². The second kappa shape index (κ2) is 10.0. The van der Waals surface area contributed by atoms with Gasteiger partial charge in [0.2, 0.25) is 0 Å². The van der Waals surface area contributed by atoms with Crippen molar-refractivity contribution in [1.82, 2.24) is 14.8 Å². The molecule has 2 heterocycles. The highest BCUT2D eigenvalue weighted by molar-refractivity contribution is 6.03. The maximum atomic E-state index is 13.2. The van der Waals surface area contributed by atoms with E-state index in [0.717, 1.165) is 22.1 Å². The molecule has 7 nitrogen and oxygen atoms in total. The first kappa shape index (κ1) is 22.7. The van der Waals surface area contributed by atoms with Gasteiger partial charge in [0.15, 0.2) is 0 Å². The number of aromatic nitrogens is 3. The highest BCUT2D eigenvalue weighted by Crippen LogP contribution is 2.14. The van der Waals surface area contributed by atoms with E-state index in [9.17, 15) is 14.4 Å². The largest absolute Gasteiger partial charge is 0.311 e. The van der Waals surface area contributed by atoms with Crippen molar-refractivity contribution in [2.24, 2.45) is 0 Å². The molecule has 5 aromatic rings. The van der Waals surface area contributed by atoms with Gasteiger partial charge in [-0.15, -0.1) is 0 Å². The molecule has 0 saturated heterocycles. The molecule has 0 aliphatic rings. The number of amides is 1. The van der Waals surface area contributed by atoms with Crippen molar-refractivity contribution in [2.45, 2.75) is 13.0 Å². The molecule has 0 spiro atoms. The van der Waals surface area contributed by atoms with Crippen LogP contribution in [0.5, 0.6) is 0 Å². The minimum atomic E-state index is -0.347. The number of aromatic amines is 2. The third-order valence-electron chi connectivity index (χ3n) is 5.76. The summed E-state index contributed by atoms with van der Waals surface area (Å²) in [5, 5.41) is 9.03. The Bertz CT molecular complexity index is 1720. The Morgan fingerprint density at radius 2 is 1.67 bits per heavy atom. The molecular weight excluding hydrogens is 452 g/mol. The number of H-pyrrole nitrogens is 2. The number of nitrogens with one attached hydrogen (secondary N) is 3. The first-order chi connectivity index (χ1) is 17.5. The number of hydrogen-bond acceptors (Lipinski definition) is 3. The van der Waals surface area contributed by atoms with E-state index in [1.54, 1.807) is 35.0 Å². The highest BCUT2D eigenvalue weighted by Gasteiger charge is 2.09. The average molecular weight is 475 g/mol. The quantitative estimate of drug-likeness (QED) is 0.337. The van der Waals surface area contributed by atoms with E-state index in [2.05, 4.69) is 27.4 Å². The van der Waals surface area contributed by atoms with E-state index in [-0.39, 0.29) is 17.0 Å². The molecule has 36 heavy (non-hydrogen) atoms. The number of hydrogen-bond donors (Lipinski definition) is 3. The van der Waals surface area contributed by atoms with Gasteiger partial charge in [0, 0.05) is 35.2 Å². The second-order valence-corrected chi connectivity index (χ2v) is 8.34. The first-order valence-electron chi connectivity index (χ1n) is 11.4. The predicted octanol–water partition coefficient (Wildman–Crippen LogP) is 3.91. The molecule has 0 aliphatic carbocycles. The molecule has 3 aromatic carbocycles. The van der Waals surface area contributed by atoms with Crippen LogP contribution in [0.2, 0.25) is 0 Å². The number of anilines is 1. The Balaban J connectivity index is 1.32. The fraction of sp³-hybridized carbons (Fsp3) is 0.0690. The molecule has 0 fully saturated rings. The SMILES string of the molecule is O=C(Nc1cc(=O)[nH][nH]1)c1ccc(Cn2ccc3ccc(C#CCc4ccccc4)cc3c2=O)cc1. The monoisotopic (exact) mass is 474 g/mol. The predicted molar refractivity (Wildman–Crippen MR) is 140 cm³/mol. The maximum absolute atomic E-state index is 13.2. The van der Waals surface area contributed by atoms with Crippen LogP contribution in [0.25, 0.3) is 10.8 Å². The summed E-state index contributed by atoms with van der Waals surface area (Å²) in [5.74, 6) is 6.28. The first-order valence-corrected chi connectivity index (χ1v) is 11.4. The minimum absolute atomic E-state index is 0.0996. The number of carbonyl (C=O) groups is 1. The fourth-order valence-electron chi connectivity index (χ4n) is 3.88. The number of benzene rings is 3. The van der Waals surface area contributed by atoms with E-state index >= 15 is 0 Å². The zero-order valence-electron chi connectivity index (χ0n) is 19.2. The highest BCUT2D eigenvalue weighted by atomic mass is 16.2. The maximum Gasteiger partial charge on any atom is 0.266 e. The van der Waals surface area contributed by atoms with Crippen LogP contribution in [0, 0.1) is 11.8 Å². The lowest BCUT2D eigenvalue weighted by Gasteiger charge is -2.09. The lowest BCUT2D eigenvalue weighted by Crippen LogP contribution is -2.20. The summed E-state index contributed by atoms with van der Waals surface area (Å²) < 4.78 is 1.64. The van der Waals surface area contributed by atoms with Gasteiger partial charge < -0.3 is 9.88 Å². The van der Waals surface area contributed by atoms with Crippen LogP contribution in [0.4, 0.5) is 5.82 Å². The molecule has 3 N–H and O–H groups in total. The van der Waals surface area contributed by atoms with Gasteiger partial charge in [0.1, 0.15) is 5.82 Å². The third-order valence-corrected chi connectivity index (χ3v) is 5.76. The van der Waals surface area contributed by atoms with Crippen molar-refractivity contribution in [1.29, 1.82) is 0 Å². The molecule has 7 heteroatoms. The van der Waals surface area contributed by atoms with Crippen molar-refractivity contribution in [2.75, 3.05) is 5.32 Å². The summed E-state index contributed by atoms with van der Waals surface area (Å²) in [6, 6.07) is 25.9. The summed E-state index contributed by atoms with van der Waals surface area (Å²) in [6.45, 7) is 0.367. The van der Waals surface area contributed by atoms with E-state index in [1.807, 2.05) is 54.6 Å². The molecular formula is C29H22N4O3. The van der Waals surface area contributed by atoms with Crippen molar-refractivity contribution in [3.05, 3.63) is 134 Å². The Kier molecular flexibility index (Phi) is 6.33. The number of rotatable bonds is 5. The molecule has 176 valence electrons. The van der Waals surface area contributed by atoms with Gasteiger partial charge in [-0.3, -0.25) is 24.6 Å². The lowest BCUT2D eigenvalue weighted by molar-refractivity contribution is 0.102. The van der Waals surface area contributed by atoms with Gasteiger partial charge in [0.25, 0.3) is 17.0 Å². The van der Waals surface area contributed by atoms with Crippen LogP contribution >= 0.6 is 0 Å². The van der Waals surface area contributed by atoms with Crippen molar-refractivity contribution in [3.8, 4) is 11.8 Å². The van der Waals surface area contributed by atoms with E-state index in [0.29, 0.717) is 29.7 Å². The lowest BCUT2D eigenvalue weighted by atomic mass is 10.1. The van der Waals surface area contributed by atoms with Gasteiger partial charge in [-0.25, -0.2) is 0 Å². The zero-order chi connectivity index (χ0) is 24.9. The van der Waals surface area contributed by atoms with Crippen LogP contribution in [0.3, 0.4) is 0 Å². The van der Waals surface area contributed by atoms with Crippen LogP contribution in [-0.2, 0) is 13.0 Å². The topological polar surface area (TPSA) is 99.8 Å². The smallest absolute Gasteiger partial charge is 0.266 e. The van der Waals surface area contributed by atoms with Gasteiger partial charge in [-0.1, -0.05) is 60.4 Å². The molecule has 0 bridgehead atoms. The van der Waals surface area contributed by atoms with Crippen LogP contribution in [-0.4, -0.2) is 20.7 Å². The third kappa shape index (κ3) is 5.18. The molecule has 0 atom stereocenters. The van der Waals surface area contributed by atoms with E-state index in [4.69, 9.17) is 0 Å². The van der Waals surface area contributed by atoms with Gasteiger partial charge in [0.05, 0.1) is 6.54 Å². The van der Waals surface area contributed by atoms with E-state index < -0.39 is 0 Å². The normalized spacial score (nSPS) is 10.6. The van der Waals surface area contributed by atoms with Gasteiger partial charge in [-0.05, 0) is 46.8 Å². The molecule has 0 aliphatic heterocycles. The summed E-state index contributed by atoms with van der Waals surface area (Å²) in [7, 11) is 0. The standard InChI is InChI=1S/C29H22N4O3/c34-27-18-26(31-32-27)30-28(35)24-13-10-22(11-14-24)19-33-16-15-23-12-9-21(17-25(23)29(33)36)8-4-7-20-5-2-1-3-6-20/h1-3,5-6,9-18H,7,19H2,(H3,30,31,32,34,35). The Morgan fingerprint density at radius 3 is 2.42 bits per heavy atom. The molecule has 5 rings (SSSR count). The Hall–Kier alpha value is -5.09. The molecule has 1 amide bonds. The number of pyridine rings is 1. The summed E-state index contributed by atoms with van der Waals surface area (Å²) in [6.07, 6.45) is 2.42. The van der Waals surface area contributed by atoms with Crippen molar-refractivity contribution >= 4 is 22.5 Å². The molecule has 0 unspecified atom stereocenters. The minimum Gasteiger partial charge on any atom is -0.311 e. The van der Waals surface area contributed by atoms with Gasteiger partial charge in [-0.2, -0.15) is 0 Å².